The maximum absolute atomic E-state index is 10.9. The van der Waals surface area contributed by atoms with Crippen molar-refractivity contribution in [1.29, 1.82) is 0 Å². The molecule has 0 aliphatic carbocycles. The van der Waals surface area contributed by atoms with Crippen LogP contribution in [0.3, 0.4) is 0 Å². The highest BCUT2D eigenvalue weighted by atomic mass is 16.5. The molecular weight excluding hydrogens is 1400 g/mol. The average Bonchev–Trinajstić information content (AvgIpc) is 0.823. The van der Waals surface area contributed by atoms with Crippen molar-refractivity contribution in [3.63, 3.8) is 0 Å². The van der Waals surface area contributed by atoms with Crippen LogP contribution in [0.25, 0.3) is 137 Å². The fourth-order valence-electron chi connectivity index (χ4n) is 11.8. The van der Waals surface area contributed by atoms with Gasteiger partial charge in [-0.25, -0.2) is 59.8 Å². The van der Waals surface area contributed by atoms with Crippen LogP contribution in [-0.4, -0.2) is 108 Å². The molecule has 0 aliphatic rings. The molecule has 4 aromatic heterocycles. The highest BCUT2D eigenvalue weighted by Gasteiger charge is 2.21. The number of nitrogens with zero attached hydrogens (tertiary/aromatic N) is 12. The predicted molar refractivity (Wildman–Crippen MR) is 435 cm³/mol. The summed E-state index contributed by atoms with van der Waals surface area (Å²) < 4.78 is 16.0. The Hall–Kier alpha value is -15.1. The summed E-state index contributed by atoms with van der Waals surface area (Å²) in [6.45, 7) is 8.00. The SMILES string of the molecule is COc1ccc(-c2nc(-c3ccc(C)cc3)nc(-c3ccc(C)cc3O)n2)cc1.COc1ccc(-c2nc(-c3ccccc3C)nc(-c3ccccc3O)n2)cc1.COc1ccccc1-c1nc(-c2ccccc2C)nc(-c2ccccc2O)n1.O=Cc1ccc(-c2nc(-c3ccccc3)nc(-c3ccccc3O)n2)cc1. The van der Waals surface area contributed by atoms with Crippen LogP contribution in [0.4, 0.5) is 0 Å². The summed E-state index contributed by atoms with van der Waals surface area (Å²) in [4.78, 5) is 66.5. The van der Waals surface area contributed by atoms with Crippen LogP contribution in [-0.2, 0) is 0 Å². The Morgan fingerprint density at radius 2 is 0.518 bits per heavy atom. The summed E-state index contributed by atoms with van der Waals surface area (Å²) >= 11 is 0. The van der Waals surface area contributed by atoms with Gasteiger partial charge >= 0.3 is 0 Å². The first-order chi connectivity index (χ1) is 54.6. The first-order valence-corrected chi connectivity index (χ1v) is 35.5. The second-order valence-corrected chi connectivity index (χ2v) is 25.6. The monoisotopic (exact) mass is 1470 g/mol. The number of aryl methyl sites for hydroxylation is 4. The smallest absolute Gasteiger partial charge is 0.167 e. The second kappa shape index (κ2) is 35.1. The lowest BCUT2D eigenvalue weighted by molar-refractivity contribution is 0.112. The summed E-state index contributed by atoms with van der Waals surface area (Å²) in [6.07, 6.45) is 0.792. The van der Waals surface area contributed by atoms with E-state index in [1.165, 1.54) is 0 Å². The molecule has 16 aromatic rings. The van der Waals surface area contributed by atoms with E-state index >= 15 is 0 Å². The molecule has 0 fully saturated rings. The van der Waals surface area contributed by atoms with Gasteiger partial charge in [-0.15, -0.1) is 0 Å². The molecule has 550 valence electrons. The van der Waals surface area contributed by atoms with E-state index in [1.54, 1.807) is 106 Å². The summed E-state index contributed by atoms with van der Waals surface area (Å²) in [7, 11) is 4.88. The number of methoxy groups -OCH3 is 3. The molecule has 20 nitrogen and oxygen atoms in total. The van der Waals surface area contributed by atoms with E-state index in [-0.39, 0.29) is 23.0 Å². The number of ether oxygens (including phenoxy) is 3. The van der Waals surface area contributed by atoms with E-state index in [9.17, 15) is 25.2 Å². The van der Waals surface area contributed by atoms with Crippen LogP contribution in [0.5, 0.6) is 40.2 Å². The fraction of sp³-hybridized carbons (Fsp3) is 0.0761. The third-order valence-corrected chi connectivity index (χ3v) is 17.8. The van der Waals surface area contributed by atoms with Crippen molar-refractivity contribution in [2.75, 3.05) is 21.3 Å². The molecule has 4 N–H and O–H groups in total. The summed E-state index contributed by atoms with van der Waals surface area (Å²) in [6, 6.07) is 89.6. The zero-order chi connectivity index (χ0) is 78.0. The maximum Gasteiger partial charge on any atom is 0.167 e. The molecule has 0 radical (unpaired) electrons. The Morgan fingerprint density at radius 3 is 0.875 bits per heavy atom. The van der Waals surface area contributed by atoms with Crippen molar-refractivity contribution >= 4 is 6.29 Å². The van der Waals surface area contributed by atoms with Gasteiger partial charge in [0.05, 0.1) is 49.1 Å². The van der Waals surface area contributed by atoms with Gasteiger partial charge in [-0.05, 0) is 154 Å². The van der Waals surface area contributed by atoms with Crippen LogP contribution in [0.15, 0.2) is 291 Å². The van der Waals surface area contributed by atoms with Crippen molar-refractivity contribution in [3.8, 4) is 177 Å². The van der Waals surface area contributed by atoms with Gasteiger partial charge in [0.1, 0.15) is 46.5 Å². The maximum atomic E-state index is 10.9. The first-order valence-electron chi connectivity index (χ1n) is 35.5. The third-order valence-electron chi connectivity index (χ3n) is 17.8. The number of para-hydroxylation sites is 4. The zero-order valence-corrected chi connectivity index (χ0v) is 62.1. The number of benzene rings is 12. The highest BCUT2D eigenvalue weighted by Crippen LogP contribution is 2.37. The fourth-order valence-corrected chi connectivity index (χ4v) is 11.8. The molecular formula is C92H74N12O8. The van der Waals surface area contributed by atoms with Gasteiger partial charge in [0.15, 0.2) is 69.9 Å². The van der Waals surface area contributed by atoms with Gasteiger partial charge in [0.25, 0.3) is 0 Å². The van der Waals surface area contributed by atoms with Gasteiger partial charge in [0.2, 0.25) is 0 Å². The number of phenols is 4. The molecule has 0 aliphatic heterocycles. The number of rotatable bonds is 16. The summed E-state index contributed by atoms with van der Waals surface area (Å²) in [5.74, 6) is 8.56. The second-order valence-electron chi connectivity index (χ2n) is 25.6. The number of carbonyl (C=O) groups excluding carboxylic acids is 1. The Kier molecular flexibility index (Phi) is 23.6. The van der Waals surface area contributed by atoms with Crippen LogP contribution >= 0.6 is 0 Å². The van der Waals surface area contributed by atoms with Gasteiger partial charge in [0, 0.05) is 44.5 Å². The van der Waals surface area contributed by atoms with E-state index in [1.807, 2.05) is 234 Å². The van der Waals surface area contributed by atoms with Crippen molar-refractivity contribution in [2.24, 2.45) is 0 Å². The molecule has 4 heterocycles. The van der Waals surface area contributed by atoms with E-state index in [0.717, 1.165) is 84.5 Å². The van der Waals surface area contributed by atoms with Crippen molar-refractivity contribution in [3.05, 3.63) is 319 Å². The lowest BCUT2D eigenvalue weighted by atomic mass is 10.1. The van der Waals surface area contributed by atoms with Crippen molar-refractivity contribution in [2.45, 2.75) is 27.7 Å². The standard InChI is InChI=1S/C24H21N3O2.2C23H19N3O2.C22H15N3O2/c1-15-4-7-17(8-5-15)22-25-23(18-9-11-19(29-3)12-10-18)27-24(26-22)20-13-6-16(2)14-21(20)28;1-15-9-3-4-10-16(15)21-24-22(17-11-5-7-13-19(17)27)26-23(25-21)18-12-6-8-14-20(18)28-2;1-15-7-3-4-8-18(15)22-24-21(16-11-13-17(28-2)14-12-16)25-23(26-22)19-9-5-6-10-20(19)27;26-14-15-10-12-17(13-11-15)21-23-20(16-6-2-1-3-7-16)24-22(25-21)18-8-4-5-9-19(18)27/h4-14,28H,1-3H3;2*3-14,27H,1-2H3;1-14,27H. The van der Waals surface area contributed by atoms with Crippen molar-refractivity contribution < 1.29 is 39.4 Å². The minimum absolute atomic E-state index is 0.102. The van der Waals surface area contributed by atoms with Crippen LogP contribution in [0.2, 0.25) is 0 Å². The van der Waals surface area contributed by atoms with E-state index in [0.29, 0.717) is 103 Å². The predicted octanol–water partition coefficient (Wildman–Crippen LogP) is 19.4. The first kappa shape index (κ1) is 75.2. The highest BCUT2D eigenvalue weighted by molar-refractivity contribution is 5.78. The van der Waals surface area contributed by atoms with E-state index in [2.05, 4.69) is 49.8 Å². The molecule has 16 rings (SSSR count). The van der Waals surface area contributed by atoms with Gasteiger partial charge in [-0.1, -0.05) is 188 Å². The number of aldehydes is 1. The summed E-state index contributed by atoms with van der Waals surface area (Å²) in [5.41, 5.74) is 13.8. The Morgan fingerprint density at radius 1 is 0.241 bits per heavy atom. The number of carbonyl (C=O) groups is 1. The number of aromatic nitrogens is 12. The van der Waals surface area contributed by atoms with Gasteiger partial charge < -0.3 is 34.6 Å². The lowest BCUT2D eigenvalue weighted by Crippen LogP contribution is -2.02. The third kappa shape index (κ3) is 18.0. The molecule has 0 unspecified atom stereocenters. The Bertz CT molecular complexity index is 5850. The minimum Gasteiger partial charge on any atom is -0.507 e. The molecule has 112 heavy (non-hydrogen) atoms. The van der Waals surface area contributed by atoms with Crippen LogP contribution in [0, 0.1) is 27.7 Å². The normalized spacial score (nSPS) is 10.6. The minimum atomic E-state index is 0.102. The van der Waals surface area contributed by atoms with E-state index < -0.39 is 0 Å². The molecule has 0 spiro atoms. The molecule has 0 atom stereocenters. The Labute approximate surface area is 647 Å². The van der Waals surface area contributed by atoms with Gasteiger partial charge in [-0.2, -0.15) is 0 Å². The van der Waals surface area contributed by atoms with Crippen molar-refractivity contribution in [1.82, 2.24) is 59.8 Å². The number of hydrogen-bond donors (Lipinski definition) is 4. The molecule has 0 saturated carbocycles. The molecule has 0 saturated heterocycles. The largest absolute Gasteiger partial charge is 0.507 e. The van der Waals surface area contributed by atoms with Crippen LogP contribution < -0.4 is 14.2 Å². The molecule has 12 aromatic carbocycles. The zero-order valence-electron chi connectivity index (χ0n) is 62.1. The molecule has 0 bridgehead atoms. The van der Waals surface area contributed by atoms with Gasteiger partial charge in [-0.3, -0.25) is 4.79 Å². The number of phenolic OH excluding ortho intramolecular Hbond substituents is 4. The Balaban J connectivity index is 0.000000131. The number of hydrogen-bond acceptors (Lipinski definition) is 20. The van der Waals surface area contributed by atoms with Crippen LogP contribution in [0.1, 0.15) is 32.6 Å². The number of aromatic hydroxyl groups is 4. The topological polar surface area (TPSA) is 280 Å². The average molecular weight is 1480 g/mol. The quantitative estimate of drug-likeness (QED) is 0.0654. The lowest BCUT2D eigenvalue weighted by Gasteiger charge is -2.12. The summed E-state index contributed by atoms with van der Waals surface area (Å²) in [5, 5.41) is 41.3. The van der Waals surface area contributed by atoms with E-state index in [4.69, 9.17) is 24.2 Å². The molecule has 0 amide bonds. The molecule has 20 heteroatoms.